The molecule has 2 amide bonds. The molecule has 22 heteroatoms. The van der Waals surface area contributed by atoms with E-state index in [2.05, 4.69) is 15.6 Å². The van der Waals surface area contributed by atoms with Gasteiger partial charge in [0.1, 0.15) is 66.4 Å². The standard InChI is InChI=1S/C37H56N4O16S2/c1-14-24(44)27(47)29(49)35(53-14)57-32-28(48)25(45)15(2)54-36(32)56-31-26(46)16(3)55-37(30(31)50)59-13-22(18-12-39-20-8-6-5-7-17(18)20)41-34(52)21(11-23(42)43)40-33(51)19(38)9-10-58-4/h5-8,12,14-16,19,21-22,24-32,35-37,39,44-50H,9-11,13,38H2,1-4H3,(H,40,51)(H,41,52)(H,42,43)/t14-,15-,16-,19+,21+,22-,24-,25-,26-,27+,28+,29+,30+,31+,32+,35-,36-,37+/m1/s1. The largest absolute Gasteiger partial charge is 0.481 e. The van der Waals surface area contributed by atoms with Gasteiger partial charge in [-0.1, -0.05) is 18.2 Å². The zero-order chi connectivity index (χ0) is 43.3. The normalized spacial score (nSPS) is 36.7. The van der Waals surface area contributed by atoms with Gasteiger partial charge in [0.2, 0.25) is 11.8 Å². The van der Waals surface area contributed by atoms with Crippen molar-refractivity contribution in [1.29, 1.82) is 0 Å². The fraction of sp³-hybridized carbons (Fsp3) is 0.703. The lowest BCUT2D eigenvalue weighted by atomic mass is 9.97. The molecule has 59 heavy (non-hydrogen) atoms. The smallest absolute Gasteiger partial charge is 0.305 e. The summed E-state index contributed by atoms with van der Waals surface area (Å²) >= 11 is 2.51. The fourth-order valence-corrected chi connectivity index (χ4v) is 8.82. The number of carbonyl (C=O) groups excluding carboxylic acids is 2. The molecule has 0 radical (unpaired) electrons. The number of hydrogen-bond donors (Lipinski definition) is 12. The van der Waals surface area contributed by atoms with E-state index in [1.165, 1.54) is 32.5 Å². The fourth-order valence-electron chi connectivity index (χ4n) is 7.08. The van der Waals surface area contributed by atoms with Crippen LogP contribution >= 0.6 is 23.5 Å². The SMILES string of the molecule is CSCC[C@H](N)C(=O)N[C@@H](CC(=O)O)C(=O)N[C@H](CS[C@@H]1O[C@H](C)[C@@H](O)[C@H](O[C@H]2O[C@H](C)[C@@H](O)[C@H](O)[C@@H]2O[C@H]2O[C@H](C)[C@@H](O)[C@H](O)[C@@H]2O)[C@@H]1O)c1c[nH]c2ccccc12. The zero-order valence-corrected chi connectivity index (χ0v) is 34.5. The average Bonchev–Trinajstić information content (AvgIpc) is 3.64. The molecule has 4 heterocycles. The maximum atomic E-state index is 13.8. The van der Waals surface area contributed by atoms with Crippen molar-refractivity contribution in [3.8, 4) is 0 Å². The number of nitrogens with one attached hydrogen (secondary N) is 3. The maximum Gasteiger partial charge on any atom is 0.305 e. The molecule has 0 saturated carbocycles. The van der Waals surface area contributed by atoms with Crippen molar-refractivity contribution in [3.63, 3.8) is 0 Å². The lowest BCUT2D eigenvalue weighted by Gasteiger charge is -2.48. The summed E-state index contributed by atoms with van der Waals surface area (Å²) < 4.78 is 29.3. The van der Waals surface area contributed by atoms with Gasteiger partial charge in [-0.05, 0) is 45.3 Å². The van der Waals surface area contributed by atoms with Gasteiger partial charge >= 0.3 is 5.97 Å². The summed E-state index contributed by atoms with van der Waals surface area (Å²) in [5, 5.41) is 91.4. The van der Waals surface area contributed by atoms with E-state index in [-0.39, 0.29) is 5.75 Å². The topological polar surface area (TPSA) is 325 Å². The molecule has 1 aromatic carbocycles. The lowest BCUT2D eigenvalue weighted by Crippen LogP contribution is -2.65. The molecule has 5 rings (SSSR count). The number of para-hydroxylation sites is 1. The lowest BCUT2D eigenvalue weighted by molar-refractivity contribution is -0.376. The van der Waals surface area contributed by atoms with Crippen LogP contribution in [0.25, 0.3) is 10.9 Å². The predicted octanol–water partition coefficient (Wildman–Crippen LogP) is -2.37. The van der Waals surface area contributed by atoms with Crippen LogP contribution in [0.1, 0.15) is 45.2 Å². The van der Waals surface area contributed by atoms with Crippen molar-refractivity contribution < 1.29 is 78.9 Å². The minimum absolute atomic E-state index is 0.00268. The van der Waals surface area contributed by atoms with Crippen LogP contribution in [0.2, 0.25) is 0 Å². The highest BCUT2D eigenvalue weighted by Gasteiger charge is 2.53. The quantitative estimate of drug-likeness (QED) is 0.0790. The highest BCUT2D eigenvalue weighted by molar-refractivity contribution is 7.99. The number of aromatic nitrogens is 1. The number of fused-ring (bicyclic) bond motifs is 1. The summed E-state index contributed by atoms with van der Waals surface area (Å²) in [7, 11) is 0. The Morgan fingerprint density at radius 3 is 2.10 bits per heavy atom. The molecular weight excluding hydrogens is 821 g/mol. The number of thioether (sulfide) groups is 2. The third kappa shape index (κ3) is 11.2. The van der Waals surface area contributed by atoms with Crippen molar-refractivity contribution in [2.24, 2.45) is 5.73 Å². The molecule has 332 valence electrons. The molecule has 2 aromatic rings. The van der Waals surface area contributed by atoms with Crippen molar-refractivity contribution in [2.45, 2.75) is 143 Å². The molecule has 1 aromatic heterocycles. The first kappa shape index (κ1) is 47.4. The van der Waals surface area contributed by atoms with Crippen molar-refractivity contribution in [2.75, 3.05) is 17.8 Å². The molecule has 3 aliphatic heterocycles. The number of aliphatic hydroxyl groups excluding tert-OH is 7. The maximum absolute atomic E-state index is 13.8. The van der Waals surface area contributed by atoms with Crippen LogP contribution < -0.4 is 16.4 Å². The number of aliphatic hydroxyl groups is 7. The first-order chi connectivity index (χ1) is 27.9. The van der Waals surface area contributed by atoms with E-state index in [0.717, 1.165) is 22.7 Å². The third-order valence-corrected chi connectivity index (χ3v) is 12.6. The molecule has 0 spiro atoms. The van der Waals surface area contributed by atoms with E-state index in [4.69, 9.17) is 29.4 Å². The van der Waals surface area contributed by atoms with Crippen molar-refractivity contribution in [3.05, 3.63) is 36.0 Å². The molecule has 13 N–H and O–H groups in total. The first-order valence-electron chi connectivity index (χ1n) is 19.2. The van der Waals surface area contributed by atoms with Gasteiger partial charge in [0, 0.05) is 28.4 Å². The Hall–Kier alpha value is -2.65. The van der Waals surface area contributed by atoms with Gasteiger partial charge in [-0.15, -0.1) is 11.8 Å². The van der Waals surface area contributed by atoms with Gasteiger partial charge in [-0.25, -0.2) is 0 Å². The summed E-state index contributed by atoms with van der Waals surface area (Å²) in [5.41, 5.74) is 6.20. The molecule has 20 nitrogen and oxygen atoms in total. The van der Waals surface area contributed by atoms with Crippen LogP contribution in [0.15, 0.2) is 30.5 Å². The second kappa shape index (κ2) is 20.9. The molecule has 0 unspecified atom stereocenters. The number of carbonyl (C=O) groups is 3. The van der Waals surface area contributed by atoms with E-state index in [0.29, 0.717) is 17.7 Å². The molecule has 0 aliphatic carbocycles. The summed E-state index contributed by atoms with van der Waals surface area (Å²) in [4.78, 5) is 41.6. The summed E-state index contributed by atoms with van der Waals surface area (Å²) in [6.45, 7) is 4.40. The average molecular weight is 877 g/mol. The van der Waals surface area contributed by atoms with Crippen LogP contribution in [0, 0.1) is 0 Å². The Balaban J connectivity index is 1.35. The summed E-state index contributed by atoms with van der Waals surface area (Å²) in [6.07, 6.45) is -17.5. The number of ether oxygens (including phenoxy) is 5. The second-order valence-electron chi connectivity index (χ2n) is 15.0. The Morgan fingerprint density at radius 1 is 0.797 bits per heavy atom. The molecule has 3 aliphatic rings. The monoisotopic (exact) mass is 876 g/mol. The number of carboxylic acids is 1. The molecule has 18 atom stereocenters. The molecular formula is C37H56N4O16S2. The Labute approximate surface area is 348 Å². The minimum atomic E-state index is -1.78. The van der Waals surface area contributed by atoms with Gasteiger partial charge in [-0.2, -0.15) is 11.8 Å². The van der Waals surface area contributed by atoms with E-state index >= 15 is 0 Å². The van der Waals surface area contributed by atoms with E-state index in [1.807, 2.05) is 24.5 Å². The Morgan fingerprint density at radius 2 is 1.42 bits per heavy atom. The van der Waals surface area contributed by atoms with Crippen LogP contribution in [-0.2, 0) is 38.1 Å². The van der Waals surface area contributed by atoms with Gasteiger partial charge in [0.15, 0.2) is 12.6 Å². The van der Waals surface area contributed by atoms with Gasteiger partial charge in [0.25, 0.3) is 0 Å². The summed E-state index contributed by atoms with van der Waals surface area (Å²) in [5.74, 6) is -2.25. The number of benzene rings is 1. The van der Waals surface area contributed by atoms with Gasteiger partial charge in [-0.3, -0.25) is 14.4 Å². The molecule has 0 bridgehead atoms. The number of H-pyrrole nitrogens is 1. The third-order valence-electron chi connectivity index (χ3n) is 10.7. The van der Waals surface area contributed by atoms with Crippen molar-refractivity contribution in [1.82, 2.24) is 15.6 Å². The van der Waals surface area contributed by atoms with E-state index in [9.17, 15) is 55.2 Å². The van der Waals surface area contributed by atoms with E-state index in [1.54, 1.807) is 12.3 Å². The Kier molecular flexibility index (Phi) is 16.8. The Bertz CT molecular complexity index is 1710. The minimum Gasteiger partial charge on any atom is -0.481 e. The summed E-state index contributed by atoms with van der Waals surface area (Å²) in [6, 6.07) is 3.92. The first-order valence-corrected chi connectivity index (χ1v) is 21.7. The van der Waals surface area contributed by atoms with Crippen LogP contribution in [0.3, 0.4) is 0 Å². The predicted molar refractivity (Wildman–Crippen MR) is 212 cm³/mol. The number of nitrogens with two attached hydrogens (primary N) is 1. The number of carboxylic acid groups (broad SMARTS) is 1. The van der Waals surface area contributed by atoms with Crippen LogP contribution in [0.5, 0.6) is 0 Å². The number of aromatic amines is 1. The second-order valence-corrected chi connectivity index (χ2v) is 17.1. The van der Waals surface area contributed by atoms with E-state index < -0.39 is 134 Å². The number of hydrogen-bond acceptors (Lipinski definition) is 18. The number of amides is 2. The highest BCUT2D eigenvalue weighted by atomic mass is 32.2. The van der Waals surface area contributed by atoms with Crippen molar-refractivity contribution >= 4 is 52.2 Å². The highest BCUT2D eigenvalue weighted by Crippen LogP contribution is 2.37. The van der Waals surface area contributed by atoms with Crippen LogP contribution in [-0.4, -0.2) is 185 Å². The zero-order valence-electron chi connectivity index (χ0n) is 32.8. The molecule has 3 saturated heterocycles. The number of rotatable bonds is 17. The van der Waals surface area contributed by atoms with Crippen LogP contribution in [0.4, 0.5) is 0 Å². The molecule has 3 fully saturated rings. The van der Waals surface area contributed by atoms with Gasteiger partial charge in [0.05, 0.1) is 36.8 Å². The number of aliphatic carboxylic acids is 1. The van der Waals surface area contributed by atoms with Gasteiger partial charge < -0.3 is 85.9 Å².